The molecule has 1 N–H and O–H groups in total. The van der Waals surface area contributed by atoms with Crippen molar-refractivity contribution in [3.8, 4) is 6.07 Å². The number of nitrogens with zero attached hydrogens (tertiary/aromatic N) is 4. The molecule has 4 unspecified atom stereocenters. The van der Waals surface area contributed by atoms with Crippen molar-refractivity contribution >= 4 is 12.0 Å². The van der Waals surface area contributed by atoms with Crippen LogP contribution in [-0.4, -0.2) is 82.6 Å². The van der Waals surface area contributed by atoms with Crippen LogP contribution < -0.4 is 5.32 Å². The molecule has 0 aromatic heterocycles. The summed E-state index contributed by atoms with van der Waals surface area (Å²) in [6, 6.07) is 8.99. The summed E-state index contributed by atoms with van der Waals surface area (Å²) in [6.07, 6.45) is 8.04. The first-order valence-corrected chi connectivity index (χ1v) is 15.1. The number of ether oxygens (including phenoxy) is 1. The number of likely N-dealkylation sites (tertiary alicyclic amines) is 3. The molecule has 1 saturated carbocycles. The van der Waals surface area contributed by atoms with Crippen LogP contribution in [0.3, 0.4) is 0 Å². The van der Waals surface area contributed by atoms with Gasteiger partial charge in [0.05, 0.1) is 6.07 Å². The van der Waals surface area contributed by atoms with Gasteiger partial charge in [0.2, 0.25) is 5.91 Å². The van der Waals surface area contributed by atoms with Crippen LogP contribution in [0.1, 0.15) is 83.7 Å². The van der Waals surface area contributed by atoms with E-state index in [1.165, 1.54) is 37.7 Å². The zero-order chi connectivity index (χ0) is 28.4. The summed E-state index contributed by atoms with van der Waals surface area (Å²) < 4.78 is 19.3. The summed E-state index contributed by atoms with van der Waals surface area (Å²) >= 11 is 0. The normalized spacial score (nSPS) is 27.4. The predicted molar refractivity (Wildman–Crippen MR) is 150 cm³/mol. The Kier molecular flexibility index (Phi) is 8.67. The average Bonchev–Trinajstić information content (AvgIpc) is 3.65. The molecule has 4 aliphatic rings. The summed E-state index contributed by atoms with van der Waals surface area (Å²) in [5, 5.41) is 12.4. The fourth-order valence-corrected chi connectivity index (χ4v) is 7.42. The summed E-state index contributed by atoms with van der Waals surface area (Å²) in [6.45, 7) is 8.03. The van der Waals surface area contributed by atoms with Crippen LogP contribution in [0.2, 0.25) is 0 Å². The monoisotopic (exact) mass is 553 g/mol. The maximum atomic E-state index is 13.8. The number of nitriles is 1. The minimum Gasteiger partial charge on any atom is -0.444 e. The molecule has 9 heteroatoms. The first kappa shape index (κ1) is 28.8. The van der Waals surface area contributed by atoms with Crippen molar-refractivity contribution < 1.29 is 18.7 Å². The number of halogens is 1. The molecule has 1 aliphatic carbocycles. The van der Waals surface area contributed by atoms with Crippen LogP contribution in [-0.2, 0) is 9.53 Å². The van der Waals surface area contributed by atoms with Crippen LogP contribution in [0.25, 0.3) is 0 Å². The van der Waals surface area contributed by atoms with Gasteiger partial charge in [0, 0.05) is 44.3 Å². The SMILES string of the molecule is CC(C)(C)OC(=O)NC(CN1C[C@@H]2CC1CN2C(c1ccc(F)cc1)C1CCCCC1)C(=O)N1CCCC1C#N. The van der Waals surface area contributed by atoms with Crippen LogP contribution in [0.5, 0.6) is 0 Å². The second-order valence-corrected chi connectivity index (χ2v) is 13.1. The molecule has 5 atom stereocenters. The number of rotatable bonds is 7. The lowest BCUT2D eigenvalue weighted by Crippen LogP contribution is -2.58. The number of alkyl carbamates (subject to hydrolysis) is 1. The van der Waals surface area contributed by atoms with Gasteiger partial charge in [0.15, 0.2) is 0 Å². The molecule has 3 aliphatic heterocycles. The molecular formula is C31H44FN5O3. The Labute approximate surface area is 237 Å². The number of hydrogen-bond acceptors (Lipinski definition) is 6. The van der Waals surface area contributed by atoms with Gasteiger partial charge in [-0.2, -0.15) is 5.26 Å². The van der Waals surface area contributed by atoms with Gasteiger partial charge >= 0.3 is 6.09 Å². The van der Waals surface area contributed by atoms with Gasteiger partial charge in [-0.1, -0.05) is 31.4 Å². The highest BCUT2D eigenvalue weighted by Gasteiger charge is 2.49. The van der Waals surface area contributed by atoms with Gasteiger partial charge in [-0.25, -0.2) is 9.18 Å². The standard InChI is InChI=1S/C31H44FN5O3/c1-31(2,3)40-30(39)34-27(29(38)36-15-7-10-24(36)17-33)20-35-18-26-16-25(35)19-37(26)28(21-8-5-4-6-9-21)22-11-13-23(32)14-12-22/h11-14,21,24-28H,4-10,15-16,18-20H2,1-3H3,(H,34,39)/t24?,25?,26-,27?,28?/m0/s1. The number of carbonyl (C=O) groups is 2. The number of carbonyl (C=O) groups excluding carboxylic acids is 2. The molecule has 1 aromatic carbocycles. The first-order chi connectivity index (χ1) is 19.1. The van der Waals surface area contributed by atoms with E-state index in [2.05, 4.69) is 21.2 Å². The molecule has 40 heavy (non-hydrogen) atoms. The number of fused-ring (bicyclic) bond motifs is 2. The number of piperazine rings is 1. The van der Waals surface area contributed by atoms with Crippen molar-refractivity contribution in [2.45, 2.75) is 108 Å². The smallest absolute Gasteiger partial charge is 0.408 e. The number of hydrogen-bond donors (Lipinski definition) is 1. The zero-order valence-corrected chi connectivity index (χ0v) is 24.2. The largest absolute Gasteiger partial charge is 0.444 e. The second-order valence-electron chi connectivity index (χ2n) is 13.1. The molecule has 3 heterocycles. The predicted octanol–water partition coefficient (Wildman–Crippen LogP) is 4.61. The Morgan fingerprint density at radius 3 is 2.42 bits per heavy atom. The van der Waals surface area contributed by atoms with E-state index in [1.54, 1.807) is 37.8 Å². The first-order valence-electron chi connectivity index (χ1n) is 15.1. The molecule has 4 fully saturated rings. The third-order valence-corrected chi connectivity index (χ3v) is 9.15. The van der Waals surface area contributed by atoms with Crippen molar-refractivity contribution in [1.29, 1.82) is 5.26 Å². The summed E-state index contributed by atoms with van der Waals surface area (Å²) in [4.78, 5) is 33.0. The highest BCUT2D eigenvalue weighted by molar-refractivity contribution is 5.86. The molecule has 2 amide bonds. The van der Waals surface area contributed by atoms with E-state index in [9.17, 15) is 19.2 Å². The van der Waals surface area contributed by atoms with Crippen molar-refractivity contribution in [2.75, 3.05) is 26.2 Å². The molecule has 2 bridgehead atoms. The molecule has 8 nitrogen and oxygen atoms in total. The van der Waals surface area contributed by atoms with E-state index in [1.807, 2.05) is 12.1 Å². The fraction of sp³-hybridized carbons (Fsp3) is 0.710. The lowest BCUT2D eigenvalue weighted by Gasteiger charge is -2.44. The number of amides is 2. The van der Waals surface area contributed by atoms with Gasteiger partial charge in [-0.05, 0) is 76.5 Å². The number of nitrogens with one attached hydrogen (secondary N) is 1. The van der Waals surface area contributed by atoms with Gasteiger partial charge in [-0.15, -0.1) is 0 Å². The topological polar surface area (TPSA) is 88.9 Å². The minimum absolute atomic E-state index is 0.204. The number of benzene rings is 1. The minimum atomic E-state index is -0.775. The molecule has 0 spiro atoms. The Morgan fingerprint density at radius 2 is 1.80 bits per heavy atom. The van der Waals surface area contributed by atoms with Gasteiger partial charge in [0.25, 0.3) is 0 Å². The van der Waals surface area contributed by atoms with Crippen molar-refractivity contribution in [3.05, 3.63) is 35.6 Å². The Balaban J connectivity index is 1.30. The summed E-state index contributed by atoms with van der Waals surface area (Å²) in [7, 11) is 0. The molecule has 1 aromatic rings. The Hall–Kier alpha value is -2.70. The maximum absolute atomic E-state index is 13.8. The van der Waals surface area contributed by atoms with Crippen LogP contribution in [0.15, 0.2) is 24.3 Å². The third-order valence-electron chi connectivity index (χ3n) is 9.15. The van der Waals surface area contributed by atoms with Crippen LogP contribution >= 0.6 is 0 Å². The maximum Gasteiger partial charge on any atom is 0.408 e. The summed E-state index contributed by atoms with van der Waals surface area (Å²) in [5.41, 5.74) is 0.519. The van der Waals surface area contributed by atoms with E-state index >= 15 is 0 Å². The summed E-state index contributed by atoms with van der Waals surface area (Å²) in [5.74, 6) is 0.152. The Bertz CT molecular complexity index is 1090. The van der Waals surface area contributed by atoms with E-state index in [0.29, 0.717) is 31.5 Å². The molecule has 218 valence electrons. The van der Waals surface area contributed by atoms with Crippen molar-refractivity contribution in [2.24, 2.45) is 5.92 Å². The zero-order valence-electron chi connectivity index (χ0n) is 24.2. The van der Waals surface area contributed by atoms with Crippen LogP contribution in [0, 0.1) is 23.1 Å². The van der Waals surface area contributed by atoms with Gasteiger partial charge < -0.3 is 15.0 Å². The van der Waals surface area contributed by atoms with E-state index in [0.717, 1.165) is 25.9 Å². The highest BCUT2D eigenvalue weighted by Crippen LogP contribution is 2.44. The molecule has 3 saturated heterocycles. The quantitative estimate of drug-likeness (QED) is 0.531. The van der Waals surface area contributed by atoms with E-state index < -0.39 is 23.8 Å². The van der Waals surface area contributed by atoms with Crippen molar-refractivity contribution in [1.82, 2.24) is 20.0 Å². The van der Waals surface area contributed by atoms with Crippen molar-refractivity contribution in [3.63, 3.8) is 0 Å². The molecule has 0 radical (unpaired) electrons. The van der Waals surface area contributed by atoms with E-state index in [-0.39, 0.29) is 23.8 Å². The molecular weight excluding hydrogens is 509 g/mol. The molecule has 5 rings (SSSR count). The second kappa shape index (κ2) is 12.0. The van der Waals surface area contributed by atoms with Crippen LogP contribution in [0.4, 0.5) is 9.18 Å². The van der Waals surface area contributed by atoms with Gasteiger partial charge in [-0.3, -0.25) is 14.6 Å². The van der Waals surface area contributed by atoms with E-state index in [4.69, 9.17) is 4.74 Å². The Morgan fingerprint density at radius 1 is 1.07 bits per heavy atom. The lowest BCUT2D eigenvalue weighted by atomic mass is 9.80. The van der Waals surface area contributed by atoms with Gasteiger partial charge in [0.1, 0.15) is 23.5 Å². The average molecular weight is 554 g/mol. The highest BCUT2D eigenvalue weighted by atomic mass is 19.1. The third kappa shape index (κ3) is 6.44. The lowest BCUT2D eigenvalue weighted by molar-refractivity contribution is -0.134. The fourth-order valence-electron chi connectivity index (χ4n) is 7.42.